The van der Waals surface area contributed by atoms with Gasteiger partial charge in [0, 0.05) is 19.0 Å². The van der Waals surface area contributed by atoms with Crippen molar-refractivity contribution in [2.24, 2.45) is 17.8 Å². The highest BCUT2D eigenvalue weighted by Crippen LogP contribution is 2.14. The first kappa shape index (κ1) is 15.9. The number of carbonyl (C=O) groups excluding carboxylic acids is 1. The van der Waals surface area contributed by atoms with E-state index in [0.717, 1.165) is 0 Å². The second-order valence-corrected chi connectivity index (χ2v) is 5.35. The third-order valence-corrected chi connectivity index (χ3v) is 2.88. The lowest BCUT2D eigenvalue weighted by atomic mass is 9.96. The van der Waals surface area contributed by atoms with Gasteiger partial charge in [-0.15, -0.1) is 0 Å². The van der Waals surface area contributed by atoms with Gasteiger partial charge in [-0.3, -0.25) is 9.59 Å². The fourth-order valence-electron chi connectivity index (χ4n) is 1.54. The summed E-state index contributed by atoms with van der Waals surface area (Å²) >= 11 is 0. The van der Waals surface area contributed by atoms with Crippen molar-refractivity contribution in [3.05, 3.63) is 0 Å². The minimum absolute atomic E-state index is 0.0171. The van der Waals surface area contributed by atoms with Crippen LogP contribution in [0.15, 0.2) is 0 Å². The van der Waals surface area contributed by atoms with Crippen molar-refractivity contribution >= 4 is 11.9 Å². The van der Waals surface area contributed by atoms with E-state index >= 15 is 0 Å². The number of nitrogens with zero attached hydrogens (tertiary/aromatic N) is 1. The van der Waals surface area contributed by atoms with Crippen LogP contribution in [0.1, 0.15) is 41.0 Å². The van der Waals surface area contributed by atoms with Gasteiger partial charge in [0.05, 0.1) is 6.42 Å². The van der Waals surface area contributed by atoms with Crippen LogP contribution in [-0.4, -0.2) is 35.0 Å². The molecular formula is C13H25NO3. The molecule has 0 rings (SSSR count). The molecule has 0 spiro atoms. The lowest BCUT2D eigenvalue weighted by molar-refractivity contribution is -0.140. The van der Waals surface area contributed by atoms with Gasteiger partial charge in [0.1, 0.15) is 0 Å². The van der Waals surface area contributed by atoms with E-state index in [1.807, 2.05) is 34.6 Å². The van der Waals surface area contributed by atoms with E-state index in [4.69, 9.17) is 5.11 Å². The predicted molar refractivity (Wildman–Crippen MR) is 67.7 cm³/mol. The molecule has 0 aromatic rings. The van der Waals surface area contributed by atoms with Crippen molar-refractivity contribution < 1.29 is 14.7 Å². The summed E-state index contributed by atoms with van der Waals surface area (Å²) in [5.41, 5.74) is 0. The molecule has 1 N–H and O–H groups in total. The quantitative estimate of drug-likeness (QED) is 0.746. The van der Waals surface area contributed by atoms with Crippen LogP contribution in [0.4, 0.5) is 0 Å². The fraction of sp³-hybridized carbons (Fsp3) is 0.846. The number of carbonyl (C=O) groups is 2. The minimum atomic E-state index is -0.858. The van der Waals surface area contributed by atoms with Crippen molar-refractivity contribution in [3.63, 3.8) is 0 Å². The summed E-state index contributed by atoms with van der Waals surface area (Å²) in [7, 11) is 0. The Hall–Kier alpha value is -1.06. The topological polar surface area (TPSA) is 57.6 Å². The van der Waals surface area contributed by atoms with Crippen LogP contribution < -0.4 is 0 Å². The molecule has 0 aromatic heterocycles. The number of amides is 1. The standard InChI is InChI=1S/C13H25NO3/c1-9(2)8-14(7-6-12(15)16)13(17)11(5)10(3)4/h9-11H,6-8H2,1-5H3,(H,15,16). The lowest BCUT2D eigenvalue weighted by Gasteiger charge is -2.28. The highest BCUT2D eigenvalue weighted by molar-refractivity contribution is 5.79. The first-order valence-electron chi connectivity index (χ1n) is 6.26. The van der Waals surface area contributed by atoms with Gasteiger partial charge < -0.3 is 10.0 Å². The first-order valence-corrected chi connectivity index (χ1v) is 6.26. The number of rotatable bonds is 7. The normalized spacial score (nSPS) is 12.9. The fourth-order valence-corrected chi connectivity index (χ4v) is 1.54. The van der Waals surface area contributed by atoms with E-state index in [1.54, 1.807) is 4.90 Å². The molecule has 0 heterocycles. The smallest absolute Gasteiger partial charge is 0.305 e. The Labute approximate surface area is 104 Å². The highest BCUT2D eigenvalue weighted by atomic mass is 16.4. The van der Waals surface area contributed by atoms with Crippen LogP contribution in [0.5, 0.6) is 0 Å². The average Bonchev–Trinajstić information content (AvgIpc) is 2.21. The molecule has 100 valence electrons. The molecule has 0 saturated carbocycles. The Bertz CT molecular complexity index is 261. The number of carboxylic acid groups (broad SMARTS) is 1. The zero-order valence-electron chi connectivity index (χ0n) is 11.6. The van der Waals surface area contributed by atoms with Crippen LogP contribution >= 0.6 is 0 Å². The van der Waals surface area contributed by atoms with Crippen LogP contribution in [0.2, 0.25) is 0 Å². The molecule has 4 nitrogen and oxygen atoms in total. The number of hydrogen-bond acceptors (Lipinski definition) is 2. The molecule has 0 bridgehead atoms. The molecule has 17 heavy (non-hydrogen) atoms. The molecular weight excluding hydrogens is 218 g/mol. The molecule has 1 atom stereocenters. The van der Waals surface area contributed by atoms with Gasteiger partial charge in [-0.2, -0.15) is 0 Å². The van der Waals surface area contributed by atoms with E-state index in [2.05, 4.69) is 0 Å². The van der Waals surface area contributed by atoms with Gasteiger partial charge in [0.2, 0.25) is 5.91 Å². The maximum atomic E-state index is 12.2. The third kappa shape index (κ3) is 6.29. The maximum absolute atomic E-state index is 12.2. The summed E-state index contributed by atoms with van der Waals surface area (Å²) < 4.78 is 0. The molecule has 0 aromatic carbocycles. The van der Waals surface area contributed by atoms with Crippen LogP contribution in [0.3, 0.4) is 0 Å². The summed E-state index contributed by atoms with van der Waals surface area (Å²) in [6.07, 6.45) is 0.0171. The second kappa shape index (κ2) is 7.30. The molecule has 0 radical (unpaired) electrons. The summed E-state index contributed by atoms with van der Waals surface area (Å²) in [5.74, 6) is -0.213. The van der Waals surface area contributed by atoms with Crippen molar-refractivity contribution in [1.82, 2.24) is 4.90 Å². The van der Waals surface area contributed by atoms with Gasteiger partial charge in [-0.1, -0.05) is 34.6 Å². The number of carboxylic acids is 1. The van der Waals surface area contributed by atoms with Crippen LogP contribution in [-0.2, 0) is 9.59 Å². The summed E-state index contributed by atoms with van der Waals surface area (Å²) in [4.78, 5) is 24.4. The van der Waals surface area contributed by atoms with Crippen LogP contribution in [0.25, 0.3) is 0 Å². The Morgan fingerprint density at radius 1 is 1.12 bits per heavy atom. The van der Waals surface area contributed by atoms with Crippen LogP contribution in [0, 0.1) is 17.8 Å². The van der Waals surface area contributed by atoms with E-state index < -0.39 is 5.97 Å². The zero-order valence-corrected chi connectivity index (χ0v) is 11.6. The first-order chi connectivity index (χ1) is 7.75. The van der Waals surface area contributed by atoms with Crippen molar-refractivity contribution in [2.75, 3.05) is 13.1 Å². The van der Waals surface area contributed by atoms with E-state index in [-0.39, 0.29) is 24.2 Å². The van der Waals surface area contributed by atoms with Crippen molar-refractivity contribution in [3.8, 4) is 0 Å². The molecule has 0 saturated heterocycles. The molecule has 0 aliphatic rings. The monoisotopic (exact) mass is 243 g/mol. The largest absolute Gasteiger partial charge is 0.481 e. The zero-order chi connectivity index (χ0) is 13.6. The Balaban J connectivity index is 4.55. The predicted octanol–water partition coefficient (Wildman–Crippen LogP) is 2.24. The molecule has 1 amide bonds. The summed E-state index contributed by atoms with van der Waals surface area (Å²) in [5, 5.41) is 8.69. The molecule has 4 heteroatoms. The highest BCUT2D eigenvalue weighted by Gasteiger charge is 2.23. The molecule has 0 fully saturated rings. The molecule has 0 aliphatic heterocycles. The van der Waals surface area contributed by atoms with Gasteiger partial charge in [0.25, 0.3) is 0 Å². The maximum Gasteiger partial charge on any atom is 0.305 e. The Kier molecular flexibility index (Phi) is 6.85. The van der Waals surface area contributed by atoms with Gasteiger partial charge in [-0.05, 0) is 11.8 Å². The Morgan fingerprint density at radius 2 is 1.65 bits per heavy atom. The van der Waals surface area contributed by atoms with Crippen molar-refractivity contribution in [2.45, 2.75) is 41.0 Å². The number of aliphatic carboxylic acids is 1. The SMILES string of the molecule is CC(C)CN(CCC(=O)O)C(=O)C(C)C(C)C. The van der Waals surface area contributed by atoms with Gasteiger partial charge in [-0.25, -0.2) is 0 Å². The van der Waals surface area contributed by atoms with Crippen molar-refractivity contribution in [1.29, 1.82) is 0 Å². The van der Waals surface area contributed by atoms with Gasteiger partial charge in [0.15, 0.2) is 0 Å². The van der Waals surface area contributed by atoms with Gasteiger partial charge >= 0.3 is 5.97 Å². The Morgan fingerprint density at radius 3 is 2.00 bits per heavy atom. The third-order valence-electron chi connectivity index (χ3n) is 2.88. The molecule has 0 aliphatic carbocycles. The minimum Gasteiger partial charge on any atom is -0.481 e. The lowest BCUT2D eigenvalue weighted by Crippen LogP contribution is -2.40. The van der Waals surface area contributed by atoms with E-state index in [1.165, 1.54) is 0 Å². The van der Waals surface area contributed by atoms with E-state index in [0.29, 0.717) is 19.0 Å². The number of hydrogen-bond donors (Lipinski definition) is 1. The summed E-state index contributed by atoms with van der Waals surface area (Å²) in [6, 6.07) is 0. The second-order valence-electron chi connectivity index (χ2n) is 5.35. The average molecular weight is 243 g/mol. The summed E-state index contributed by atoms with van der Waals surface area (Å²) in [6.45, 7) is 10.9. The molecule has 1 unspecified atom stereocenters. The van der Waals surface area contributed by atoms with E-state index in [9.17, 15) is 9.59 Å².